The van der Waals surface area contributed by atoms with Crippen molar-refractivity contribution >= 4 is 35.2 Å². The molecular weight excluding hydrogens is 376 g/mol. The summed E-state index contributed by atoms with van der Waals surface area (Å²) in [7, 11) is 0. The number of amides is 1. The first kappa shape index (κ1) is 18.8. The molecule has 1 atom stereocenters. The molecule has 1 aliphatic carbocycles. The molecule has 1 heterocycles. The summed E-state index contributed by atoms with van der Waals surface area (Å²) in [6.07, 6.45) is 3.42. The van der Waals surface area contributed by atoms with Crippen molar-refractivity contribution in [2.24, 2.45) is 0 Å². The lowest BCUT2D eigenvalue weighted by molar-refractivity contribution is -0.151. The number of aromatic nitrogens is 1. The number of thioether (sulfide) groups is 1. The SMILES string of the molecule is CC(SCc1ncc(-c2ccc(Cl)cc2)o1)C(=O)NC1(C(=O)O)CCC1. The first-order valence-corrected chi connectivity index (χ1v) is 9.70. The number of rotatable bonds is 7. The van der Waals surface area contributed by atoms with E-state index in [4.69, 9.17) is 16.0 Å². The first-order chi connectivity index (χ1) is 12.4. The van der Waals surface area contributed by atoms with Gasteiger partial charge in [-0.3, -0.25) is 4.79 Å². The van der Waals surface area contributed by atoms with Crippen LogP contribution in [0.2, 0.25) is 5.02 Å². The minimum absolute atomic E-state index is 0.276. The van der Waals surface area contributed by atoms with Gasteiger partial charge in [0.15, 0.2) is 5.76 Å². The quantitative estimate of drug-likeness (QED) is 0.743. The number of carbonyl (C=O) groups excluding carboxylic acids is 1. The molecule has 0 aliphatic heterocycles. The number of halogens is 1. The van der Waals surface area contributed by atoms with E-state index < -0.39 is 16.8 Å². The maximum Gasteiger partial charge on any atom is 0.329 e. The van der Waals surface area contributed by atoms with Gasteiger partial charge in [-0.15, -0.1) is 11.8 Å². The maximum absolute atomic E-state index is 12.3. The standard InChI is InChI=1S/C18H19ClN2O4S/c1-11(16(22)21-18(17(23)24)7-2-8-18)26-10-15-20-9-14(25-15)12-3-5-13(19)6-4-12/h3-6,9,11H,2,7-8,10H2,1H3,(H,21,22)(H,23,24). The van der Waals surface area contributed by atoms with E-state index >= 15 is 0 Å². The molecule has 1 aromatic carbocycles. The molecule has 1 fully saturated rings. The molecule has 0 spiro atoms. The number of carbonyl (C=O) groups is 2. The average Bonchev–Trinajstić information content (AvgIpc) is 3.05. The van der Waals surface area contributed by atoms with E-state index in [0.717, 1.165) is 12.0 Å². The molecular formula is C18H19ClN2O4S. The fourth-order valence-electron chi connectivity index (χ4n) is 2.66. The van der Waals surface area contributed by atoms with Gasteiger partial charge in [0.2, 0.25) is 11.8 Å². The van der Waals surface area contributed by atoms with E-state index in [0.29, 0.717) is 35.3 Å². The van der Waals surface area contributed by atoms with E-state index in [1.165, 1.54) is 11.8 Å². The number of nitrogens with zero attached hydrogens (tertiary/aromatic N) is 1. The van der Waals surface area contributed by atoms with E-state index in [2.05, 4.69) is 10.3 Å². The van der Waals surface area contributed by atoms with Gasteiger partial charge in [-0.25, -0.2) is 9.78 Å². The third kappa shape index (κ3) is 4.04. The van der Waals surface area contributed by atoms with Gasteiger partial charge in [-0.1, -0.05) is 11.6 Å². The zero-order valence-corrected chi connectivity index (χ0v) is 15.8. The average molecular weight is 395 g/mol. The van der Waals surface area contributed by atoms with Crippen molar-refractivity contribution in [3.63, 3.8) is 0 Å². The van der Waals surface area contributed by atoms with Crippen molar-refractivity contribution in [3.05, 3.63) is 41.4 Å². The number of hydrogen-bond donors (Lipinski definition) is 2. The van der Waals surface area contributed by atoms with Crippen LogP contribution in [0.4, 0.5) is 0 Å². The Morgan fingerprint density at radius 2 is 2.08 bits per heavy atom. The molecule has 3 rings (SSSR count). The van der Waals surface area contributed by atoms with Gasteiger partial charge in [0.25, 0.3) is 0 Å². The Balaban J connectivity index is 1.54. The second kappa shape index (κ2) is 7.72. The molecule has 138 valence electrons. The molecule has 1 aromatic heterocycles. The van der Waals surface area contributed by atoms with Crippen molar-refractivity contribution in [3.8, 4) is 11.3 Å². The summed E-state index contributed by atoms with van der Waals surface area (Å²) in [4.78, 5) is 27.9. The molecule has 1 aliphatic rings. The molecule has 1 saturated carbocycles. The summed E-state index contributed by atoms with van der Waals surface area (Å²) in [5.41, 5.74) is -0.214. The Hall–Kier alpha value is -1.99. The third-order valence-electron chi connectivity index (χ3n) is 4.49. The second-order valence-corrected chi connectivity index (χ2v) is 8.07. The Morgan fingerprint density at radius 3 is 2.65 bits per heavy atom. The highest BCUT2D eigenvalue weighted by atomic mass is 35.5. The molecule has 2 N–H and O–H groups in total. The molecule has 0 radical (unpaired) electrons. The van der Waals surface area contributed by atoms with Crippen LogP contribution in [0.3, 0.4) is 0 Å². The summed E-state index contributed by atoms with van der Waals surface area (Å²) >= 11 is 7.23. The van der Waals surface area contributed by atoms with Gasteiger partial charge >= 0.3 is 5.97 Å². The number of oxazole rings is 1. The van der Waals surface area contributed by atoms with Gasteiger partial charge in [0.05, 0.1) is 17.2 Å². The van der Waals surface area contributed by atoms with Crippen LogP contribution in [0.25, 0.3) is 11.3 Å². The molecule has 0 saturated heterocycles. The molecule has 1 unspecified atom stereocenters. The van der Waals surface area contributed by atoms with Crippen molar-refractivity contribution in [1.82, 2.24) is 10.3 Å². The molecule has 26 heavy (non-hydrogen) atoms. The van der Waals surface area contributed by atoms with Gasteiger partial charge < -0.3 is 14.8 Å². The van der Waals surface area contributed by atoms with Crippen LogP contribution in [0.1, 0.15) is 32.1 Å². The van der Waals surface area contributed by atoms with Crippen LogP contribution < -0.4 is 5.32 Å². The van der Waals surface area contributed by atoms with Crippen molar-refractivity contribution < 1.29 is 19.1 Å². The van der Waals surface area contributed by atoms with E-state index in [1.54, 1.807) is 25.3 Å². The maximum atomic E-state index is 12.3. The number of aliphatic carboxylic acids is 1. The summed E-state index contributed by atoms with van der Waals surface area (Å²) in [6.45, 7) is 1.75. The summed E-state index contributed by atoms with van der Waals surface area (Å²) in [5.74, 6) is 0.323. The zero-order chi connectivity index (χ0) is 18.7. The topological polar surface area (TPSA) is 92.4 Å². The smallest absolute Gasteiger partial charge is 0.329 e. The second-order valence-electron chi connectivity index (χ2n) is 6.31. The van der Waals surface area contributed by atoms with Crippen LogP contribution in [-0.4, -0.2) is 32.8 Å². The lowest BCUT2D eigenvalue weighted by Crippen LogP contribution is -2.60. The summed E-state index contributed by atoms with van der Waals surface area (Å²) in [6, 6.07) is 7.25. The van der Waals surface area contributed by atoms with E-state index in [9.17, 15) is 14.7 Å². The molecule has 8 heteroatoms. The molecule has 6 nitrogen and oxygen atoms in total. The summed E-state index contributed by atoms with van der Waals surface area (Å²) < 4.78 is 5.71. The fourth-order valence-corrected chi connectivity index (χ4v) is 3.52. The molecule has 2 aromatic rings. The highest BCUT2D eigenvalue weighted by molar-refractivity contribution is 7.99. The highest BCUT2D eigenvalue weighted by Crippen LogP contribution is 2.33. The van der Waals surface area contributed by atoms with Crippen molar-refractivity contribution in [1.29, 1.82) is 0 Å². The normalized spacial score (nSPS) is 16.5. The first-order valence-electron chi connectivity index (χ1n) is 8.27. The molecule has 1 amide bonds. The lowest BCUT2D eigenvalue weighted by Gasteiger charge is -2.38. The minimum Gasteiger partial charge on any atom is -0.480 e. The number of benzene rings is 1. The van der Waals surface area contributed by atoms with E-state index in [1.807, 2.05) is 12.1 Å². The van der Waals surface area contributed by atoms with Crippen LogP contribution in [0, 0.1) is 0 Å². The Kier molecular flexibility index (Phi) is 5.58. The number of nitrogens with one attached hydrogen (secondary N) is 1. The summed E-state index contributed by atoms with van der Waals surface area (Å²) in [5, 5.41) is 12.2. The number of hydrogen-bond acceptors (Lipinski definition) is 5. The predicted molar refractivity (Wildman–Crippen MR) is 100 cm³/mol. The molecule has 0 bridgehead atoms. The zero-order valence-electron chi connectivity index (χ0n) is 14.2. The van der Waals surface area contributed by atoms with Gasteiger partial charge in [-0.05, 0) is 50.5 Å². The number of carboxylic acids is 1. The van der Waals surface area contributed by atoms with Crippen LogP contribution in [-0.2, 0) is 15.3 Å². The van der Waals surface area contributed by atoms with Crippen LogP contribution in [0.15, 0.2) is 34.9 Å². The van der Waals surface area contributed by atoms with Crippen LogP contribution in [0.5, 0.6) is 0 Å². The van der Waals surface area contributed by atoms with Gasteiger partial charge in [0, 0.05) is 10.6 Å². The van der Waals surface area contributed by atoms with E-state index in [-0.39, 0.29) is 5.91 Å². The Labute approximate surface area is 160 Å². The van der Waals surface area contributed by atoms with Gasteiger partial charge in [0.1, 0.15) is 5.54 Å². The minimum atomic E-state index is -1.09. The predicted octanol–water partition coefficient (Wildman–Crippen LogP) is 3.74. The Bertz CT molecular complexity index is 802. The fraction of sp³-hybridized carbons (Fsp3) is 0.389. The lowest BCUT2D eigenvalue weighted by atomic mass is 9.76. The largest absolute Gasteiger partial charge is 0.480 e. The number of carboxylic acid groups (broad SMARTS) is 1. The van der Waals surface area contributed by atoms with Crippen molar-refractivity contribution in [2.45, 2.75) is 42.7 Å². The monoisotopic (exact) mass is 394 g/mol. The van der Waals surface area contributed by atoms with Crippen molar-refractivity contribution in [2.75, 3.05) is 0 Å². The highest BCUT2D eigenvalue weighted by Gasteiger charge is 2.46. The van der Waals surface area contributed by atoms with Gasteiger partial charge in [-0.2, -0.15) is 0 Å². The van der Waals surface area contributed by atoms with Crippen LogP contribution >= 0.6 is 23.4 Å². The third-order valence-corrected chi connectivity index (χ3v) is 5.87. The Morgan fingerprint density at radius 1 is 1.38 bits per heavy atom.